The molecule has 5 rings (SSSR count). The van der Waals surface area contributed by atoms with Crippen molar-refractivity contribution >= 4 is 28.9 Å². The Morgan fingerprint density at radius 2 is 2.04 bits per heavy atom. The monoisotopic (exact) mass is 400 g/mol. The number of likely N-dealkylation sites (tertiary alicyclic amines) is 1. The van der Waals surface area contributed by atoms with Crippen LogP contribution in [0.2, 0.25) is 10.0 Å². The van der Waals surface area contributed by atoms with Gasteiger partial charge in [-0.3, -0.25) is 0 Å². The highest BCUT2D eigenvalue weighted by molar-refractivity contribution is 6.43. The van der Waals surface area contributed by atoms with E-state index < -0.39 is 0 Å². The Bertz CT molecular complexity index is 879. The molecule has 0 spiro atoms. The molecule has 0 unspecified atom stereocenters. The summed E-state index contributed by atoms with van der Waals surface area (Å²) < 4.78 is 0. The molecule has 142 valence electrons. The lowest BCUT2D eigenvalue weighted by Crippen LogP contribution is -2.47. The molecule has 2 nitrogen and oxygen atoms in total. The van der Waals surface area contributed by atoms with E-state index in [0.29, 0.717) is 22.0 Å². The van der Waals surface area contributed by atoms with Gasteiger partial charge in [0.15, 0.2) is 0 Å². The van der Waals surface area contributed by atoms with Crippen LogP contribution in [0.5, 0.6) is 0 Å². The minimum atomic E-state index is 0.620. The average molecular weight is 401 g/mol. The number of fused-ring (bicyclic) bond motifs is 3. The second-order valence-electron chi connectivity index (χ2n) is 8.23. The van der Waals surface area contributed by atoms with Crippen molar-refractivity contribution in [2.75, 3.05) is 31.1 Å². The Labute approximate surface area is 172 Å². The van der Waals surface area contributed by atoms with Gasteiger partial charge in [0, 0.05) is 42.8 Å². The molecule has 0 aromatic heterocycles. The molecule has 0 aliphatic carbocycles. The van der Waals surface area contributed by atoms with E-state index in [1.165, 1.54) is 68.7 Å². The fraction of sp³-hybridized carbons (Fsp3) is 0.478. The number of hydrogen-bond donors (Lipinski definition) is 0. The van der Waals surface area contributed by atoms with Crippen LogP contribution >= 0.6 is 23.2 Å². The predicted octanol–water partition coefficient (Wildman–Crippen LogP) is 5.99. The summed E-state index contributed by atoms with van der Waals surface area (Å²) in [6.45, 7) is 7.14. The van der Waals surface area contributed by atoms with Crippen molar-refractivity contribution in [3.63, 3.8) is 0 Å². The Kier molecular flexibility index (Phi) is 4.62. The third kappa shape index (κ3) is 2.88. The summed E-state index contributed by atoms with van der Waals surface area (Å²) in [7, 11) is 0. The first-order valence-electron chi connectivity index (χ1n) is 10.3. The minimum absolute atomic E-state index is 0.620. The smallest absolute Gasteiger partial charge is 0.0670 e. The van der Waals surface area contributed by atoms with E-state index in [0.717, 1.165) is 5.56 Å². The molecule has 0 bridgehead atoms. The van der Waals surface area contributed by atoms with Gasteiger partial charge in [0.2, 0.25) is 0 Å². The predicted molar refractivity (Wildman–Crippen MR) is 115 cm³/mol. The summed E-state index contributed by atoms with van der Waals surface area (Å²) >= 11 is 12.9. The third-order valence-electron chi connectivity index (χ3n) is 6.61. The molecule has 4 heteroatoms. The van der Waals surface area contributed by atoms with Gasteiger partial charge in [0.25, 0.3) is 0 Å². The Morgan fingerprint density at radius 1 is 1.15 bits per heavy atom. The molecule has 0 saturated carbocycles. The van der Waals surface area contributed by atoms with Gasteiger partial charge in [-0.1, -0.05) is 42.3 Å². The number of piperidine rings is 1. The fourth-order valence-corrected chi connectivity index (χ4v) is 5.92. The van der Waals surface area contributed by atoms with E-state index in [4.69, 9.17) is 23.2 Å². The zero-order valence-corrected chi connectivity index (χ0v) is 17.4. The lowest BCUT2D eigenvalue weighted by molar-refractivity contribution is 0.193. The minimum Gasteiger partial charge on any atom is -0.367 e. The number of nitrogens with zero attached hydrogens (tertiary/aromatic N) is 2. The first-order valence-corrected chi connectivity index (χ1v) is 11.0. The molecule has 3 aliphatic rings. The van der Waals surface area contributed by atoms with Gasteiger partial charge in [-0.2, -0.15) is 0 Å². The van der Waals surface area contributed by atoms with Crippen molar-refractivity contribution in [2.24, 2.45) is 0 Å². The summed E-state index contributed by atoms with van der Waals surface area (Å²) in [5.41, 5.74) is 6.87. The van der Waals surface area contributed by atoms with Crippen LogP contribution in [-0.4, -0.2) is 37.1 Å². The van der Waals surface area contributed by atoms with Crippen LogP contribution in [0.15, 0.2) is 30.3 Å². The molecule has 0 radical (unpaired) electrons. The van der Waals surface area contributed by atoms with E-state index >= 15 is 0 Å². The van der Waals surface area contributed by atoms with Crippen LogP contribution in [0, 0.1) is 0 Å². The largest absolute Gasteiger partial charge is 0.367 e. The second-order valence-corrected chi connectivity index (χ2v) is 9.02. The Balaban J connectivity index is 1.62. The molecule has 1 fully saturated rings. The third-order valence-corrected chi connectivity index (χ3v) is 7.43. The highest BCUT2D eigenvalue weighted by atomic mass is 35.5. The molecule has 3 heterocycles. The number of anilines is 1. The van der Waals surface area contributed by atoms with Gasteiger partial charge in [0.1, 0.15) is 0 Å². The van der Waals surface area contributed by atoms with Crippen molar-refractivity contribution in [3.8, 4) is 11.1 Å². The highest BCUT2D eigenvalue weighted by Gasteiger charge is 2.43. The quantitative estimate of drug-likeness (QED) is 0.623. The van der Waals surface area contributed by atoms with Gasteiger partial charge in [-0.25, -0.2) is 0 Å². The topological polar surface area (TPSA) is 6.48 Å². The van der Waals surface area contributed by atoms with Gasteiger partial charge >= 0.3 is 0 Å². The Morgan fingerprint density at radius 3 is 2.89 bits per heavy atom. The van der Waals surface area contributed by atoms with E-state index in [2.05, 4.69) is 34.9 Å². The number of aryl methyl sites for hydroxylation is 1. The molecule has 3 aliphatic heterocycles. The molecule has 27 heavy (non-hydrogen) atoms. The number of hydrogen-bond acceptors (Lipinski definition) is 2. The van der Waals surface area contributed by atoms with Crippen LogP contribution in [-0.2, 0) is 6.42 Å². The first kappa shape index (κ1) is 17.8. The van der Waals surface area contributed by atoms with Gasteiger partial charge in [0.05, 0.1) is 10.0 Å². The molecular weight excluding hydrogens is 375 g/mol. The molecule has 1 saturated heterocycles. The van der Waals surface area contributed by atoms with E-state index in [9.17, 15) is 0 Å². The van der Waals surface area contributed by atoms with Gasteiger partial charge in [-0.05, 0) is 67.1 Å². The zero-order chi connectivity index (χ0) is 18.5. The fourth-order valence-electron chi connectivity index (χ4n) is 5.51. The van der Waals surface area contributed by atoms with E-state index in [-0.39, 0.29) is 0 Å². The molecule has 0 N–H and O–H groups in total. The average Bonchev–Trinajstić information content (AvgIpc) is 2.99. The SMILES string of the molecule is CCCN1CC[C@@H]2[C@H](C1)c1cc(-c3cccc(Cl)c3Cl)cc3c1N2CCC3. The van der Waals surface area contributed by atoms with Crippen molar-refractivity contribution in [1.29, 1.82) is 0 Å². The number of benzene rings is 2. The van der Waals surface area contributed by atoms with Crippen LogP contribution in [0.1, 0.15) is 43.2 Å². The van der Waals surface area contributed by atoms with Crippen LogP contribution < -0.4 is 4.90 Å². The van der Waals surface area contributed by atoms with Gasteiger partial charge < -0.3 is 9.80 Å². The van der Waals surface area contributed by atoms with E-state index in [1.54, 1.807) is 5.56 Å². The normalized spacial score (nSPS) is 24.0. The number of rotatable bonds is 3. The summed E-state index contributed by atoms with van der Waals surface area (Å²) in [4.78, 5) is 5.39. The van der Waals surface area contributed by atoms with Crippen molar-refractivity contribution in [3.05, 3.63) is 51.5 Å². The van der Waals surface area contributed by atoms with Crippen molar-refractivity contribution in [1.82, 2.24) is 4.90 Å². The van der Waals surface area contributed by atoms with Crippen molar-refractivity contribution < 1.29 is 0 Å². The molecule has 2 aromatic carbocycles. The lowest BCUT2D eigenvalue weighted by Gasteiger charge is -2.40. The number of halogens is 2. The molecule has 0 amide bonds. The Hall–Kier alpha value is -1.22. The second kappa shape index (κ2) is 6.99. The van der Waals surface area contributed by atoms with Crippen LogP contribution in [0.25, 0.3) is 11.1 Å². The molecular formula is C23H26Cl2N2. The van der Waals surface area contributed by atoms with Crippen LogP contribution in [0.3, 0.4) is 0 Å². The van der Waals surface area contributed by atoms with Crippen molar-refractivity contribution in [2.45, 2.75) is 44.6 Å². The summed E-state index contributed by atoms with van der Waals surface area (Å²) in [6, 6.07) is 11.4. The molecule has 2 aromatic rings. The highest BCUT2D eigenvalue weighted by Crippen LogP contribution is 2.50. The van der Waals surface area contributed by atoms with E-state index in [1.807, 2.05) is 12.1 Å². The van der Waals surface area contributed by atoms with Crippen LogP contribution in [0.4, 0.5) is 5.69 Å². The summed E-state index contributed by atoms with van der Waals surface area (Å²) in [5, 5.41) is 1.30. The maximum absolute atomic E-state index is 6.57. The summed E-state index contributed by atoms with van der Waals surface area (Å²) in [5.74, 6) is 0.620. The van der Waals surface area contributed by atoms with Gasteiger partial charge in [-0.15, -0.1) is 0 Å². The zero-order valence-electron chi connectivity index (χ0n) is 15.8. The summed E-state index contributed by atoms with van der Waals surface area (Å²) in [6.07, 6.45) is 4.94. The standard InChI is InChI=1S/C23H26Cl2N2/c1-2-9-26-11-8-21-19(14-26)18-13-16(17-6-3-7-20(24)22(17)25)12-15-5-4-10-27(21)23(15)18/h3,6-7,12-13,19,21H,2,4-5,8-11,14H2,1H3/t19-,21-/m1/s1. The first-order chi connectivity index (χ1) is 13.2. The lowest BCUT2D eigenvalue weighted by atomic mass is 9.86. The molecule has 2 atom stereocenters. The maximum atomic E-state index is 6.57. The maximum Gasteiger partial charge on any atom is 0.0670 e.